The van der Waals surface area contributed by atoms with E-state index in [1.807, 2.05) is 56.3 Å². The van der Waals surface area contributed by atoms with Crippen LogP contribution >= 0.6 is 15.9 Å². The van der Waals surface area contributed by atoms with Gasteiger partial charge in [0.1, 0.15) is 5.75 Å². The first kappa shape index (κ1) is 15.1. The fourth-order valence-corrected chi connectivity index (χ4v) is 2.60. The van der Waals surface area contributed by atoms with Crippen molar-refractivity contribution in [2.75, 3.05) is 7.11 Å². The molecule has 0 bridgehead atoms. The van der Waals surface area contributed by atoms with Crippen LogP contribution in [0.4, 0.5) is 0 Å². The number of rotatable bonds is 4. The minimum Gasteiger partial charge on any atom is -0.496 e. The summed E-state index contributed by atoms with van der Waals surface area (Å²) in [4.78, 5) is 0. The van der Waals surface area contributed by atoms with Crippen LogP contribution in [0.15, 0.2) is 46.9 Å². The monoisotopic (exact) mass is 334 g/mol. The predicted octanol–water partition coefficient (Wildman–Crippen LogP) is 4.22. The molecule has 1 N–H and O–H groups in total. The molecule has 0 aliphatic rings. The zero-order valence-corrected chi connectivity index (χ0v) is 13.6. The Bertz CT molecular complexity index is 588. The van der Waals surface area contributed by atoms with Crippen molar-refractivity contribution in [2.24, 2.45) is 0 Å². The van der Waals surface area contributed by atoms with Crippen molar-refractivity contribution < 1.29 is 9.84 Å². The van der Waals surface area contributed by atoms with E-state index in [2.05, 4.69) is 15.9 Å². The molecule has 20 heavy (non-hydrogen) atoms. The van der Waals surface area contributed by atoms with Crippen molar-refractivity contribution in [3.63, 3.8) is 0 Å². The van der Waals surface area contributed by atoms with Gasteiger partial charge in [-0.3, -0.25) is 0 Å². The molecule has 0 aromatic heterocycles. The maximum Gasteiger partial charge on any atom is 0.124 e. The van der Waals surface area contributed by atoms with Gasteiger partial charge < -0.3 is 9.84 Å². The van der Waals surface area contributed by atoms with Gasteiger partial charge >= 0.3 is 0 Å². The highest BCUT2D eigenvalue weighted by Crippen LogP contribution is 2.33. The van der Waals surface area contributed by atoms with Crippen LogP contribution in [0.2, 0.25) is 0 Å². The number of methoxy groups -OCH3 is 1. The molecule has 0 fully saturated rings. The van der Waals surface area contributed by atoms with E-state index < -0.39 is 5.60 Å². The minimum absolute atomic E-state index is 0.542. The average Bonchev–Trinajstić information content (AvgIpc) is 2.41. The van der Waals surface area contributed by atoms with Crippen molar-refractivity contribution in [3.8, 4) is 5.75 Å². The van der Waals surface area contributed by atoms with Crippen molar-refractivity contribution >= 4 is 15.9 Å². The van der Waals surface area contributed by atoms with E-state index in [0.29, 0.717) is 6.42 Å². The Morgan fingerprint density at radius 2 is 1.80 bits per heavy atom. The molecule has 106 valence electrons. The SMILES string of the molecule is COc1ccc(C)cc1C(C)(O)Cc1ccc(Br)cc1. The van der Waals surface area contributed by atoms with Gasteiger partial charge in [0.25, 0.3) is 0 Å². The lowest BCUT2D eigenvalue weighted by molar-refractivity contribution is 0.0549. The smallest absolute Gasteiger partial charge is 0.124 e. The number of hydrogen-bond acceptors (Lipinski definition) is 2. The summed E-state index contributed by atoms with van der Waals surface area (Å²) < 4.78 is 6.41. The standard InChI is InChI=1S/C17H19BrO2/c1-12-4-9-16(20-3)15(10-12)17(2,19)11-13-5-7-14(18)8-6-13/h4-10,19H,11H2,1-3H3. The van der Waals surface area contributed by atoms with E-state index in [0.717, 1.165) is 26.9 Å². The molecule has 0 saturated carbocycles. The molecule has 3 heteroatoms. The van der Waals surface area contributed by atoms with Crippen LogP contribution in [-0.4, -0.2) is 12.2 Å². The van der Waals surface area contributed by atoms with Gasteiger partial charge in [0.15, 0.2) is 0 Å². The zero-order valence-electron chi connectivity index (χ0n) is 12.0. The fourth-order valence-electron chi connectivity index (χ4n) is 2.34. The molecular formula is C17H19BrO2. The third kappa shape index (κ3) is 3.41. The first-order valence-corrected chi connectivity index (χ1v) is 7.33. The van der Waals surface area contributed by atoms with Gasteiger partial charge in [0, 0.05) is 16.5 Å². The highest BCUT2D eigenvalue weighted by Gasteiger charge is 2.27. The highest BCUT2D eigenvalue weighted by molar-refractivity contribution is 9.10. The zero-order chi connectivity index (χ0) is 14.8. The van der Waals surface area contributed by atoms with Gasteiger partial charge in [-0.2, -0.15) is 0 Å². The molecule has 0 heterocycles. The number of aryl methyl sites for hydroxylation is 1. The van der Waals surface area contributed by atoms with Crippen LogP contribution in [0.25, 0.3) is 0 Å². The molecule has 2 aromatic carbocycles. The Labute approximate surface area is 128 Å². The molecule has 0 spiro atoms. The molecule has 2 aromatic rings. The molecule has 1 unspecified atom stereocenters. The molecule has 0 amide bonds. The number of aliphatic hydroxyl groups is 1. The Hall–Kier alpha value is -1.32. The second-order valence-corrected chi connectivity index (χ2v) is 6.20. The summed E-state index contributed by atoms with van der Waals surface area (Å²) in [6.07, 6.45) is 0.542. The van der Waals surface area contributed by atoms with Crippen molar-refractivity contribution in [3.05, 3.63) is 63.6 Å². The molecule has 0 saturated heterocycles. The molecule has 0 aliphatic carbocycles. The molecule has 0 aliphatic heterocycles. The summed E-state index contributed by atoms with van der Waals surface area (Å²) in [5, 5.41) is 10.9. The van der Waals surface area contributed by atoms with Gasteiger partial charge in [-0.25, -0.2) is 0 Å². The lowest BCUT2D eigenvalue weighted by Crippen LogP contribution is -2.25. The predicted molar refractivity (Wildman–Crippen MR) is 85.1 cm³/mol. The summed E-state index contributed by atoms with van der Waals surface area (Å²) in [5.74, 6) is 0.720. The van der Waals surface area contributed by atoms with E-state index >= 15 is 0 Å². The third-order valence-corrected chi connectivity index (χ3v) is 3.93. The fraction of sp³-hybridized carbons (Fsp3) is 0.294. The second-order valence-electron chi connectivity index (χ2n) is 5.28. The van der Waals surface area contributed by atoms with Gasteiger partial charge in [-0.1, -0.05) is 39.7 Å². The molecule has 2 rings (SSSR count). The topological polar surface area (TPSA) is 29.5 Å². The molecular weight excluding hydrogens is 316 g/mol. The van der Waals surface area contributed by atoms with Crippen molar-refractivity contribution in [1.82, 2.24) is 0 Å². The van der Waals surface area contributed by atoms with E-state index in [1.54, 1.807) is 7.11 Å². The van der Waals surface area contributed by atoms with Gasteiger partial charge in [0.2, 0.25) is 0 Å². The highest BCUT2D eigenvalue weighted by atomic mass is 79.9. The van der Waals surface area contributed by atoms with Crippen LogP contribution < -0.4 is 4.74 Å². The van der Waals surface area contributed by atoms with Crippen LogP contribution in [0.3, 0.4) is 0 Å². The van der Waals surface area contributed by atoms with E-state index in [-0.39, 0.29) is 0 Å². The quantitative estimate of drug-likeness (QED) is 0.907. The summed E-state index contributed by atoms with van der Waals surface area (Å²) in [6, 6.07) is 13.9. The van der Waals surface area contributed by atoms with E-state index in [4.69, 9.17) is 4.74 Å². The second kappa shape index (κ2) is 5.98. The molecule has 2 nitrogen and oxygen atoms in total. The summed E-state index contributed by atoms with van der Waals surface area (Å²) in [5.41, 5.74) is 2.05. The lowest BCUT2D eigenvalue weighted by atomic mass is 9.87. The Kier molecular flexibility index (Phi) is 4.51. The third-order valence-electron chi connectivity index (χ3n) is 3.40. The van der Waals surface area contributed by atoms with Crippen LogP contribution in [0, 0.1) is 6.92 Å². The van der Waals surface area contributed by atoms with Crippen molar-refractivity contribution in [1.29, 1.82) is 0 Å². The number of benzene rings is 2. The summed E-state index contributed by atoms with van der Waals surface area (Å²) >= 11 is 3.42. The first-order chi connectivity index (χ1) is 9.42. The molecule has 0 radical (unpaired) electrons. The number of halogens is 1. The largest absolute Gasteiger partial charge is 0.496 e. The lowest BCUT2D eigenvalue weighted by Gasteiger charge is -2.26. The number of ether oxygens (including phenoxy) is 1. The van der Waals surface area contributed by atoms with E-state index in [9.17, 15) is 5.11 Å². The van der Waals surface area contributed by atoms with Crippen LogP contribution in [-0.2, 0) is 12.0 Å². The van der Waals surface area contributed by atoms with Gasteiger partial charge in [-0.15, -0.1) is 0 Å². The maximum absolute atomic E-state index is 10.9. The molecule has 1 atom stereocenters. The number of hydrogen-bond donors (Lipinski definition) is 1. The van der Waals surface area contributed by atoms with Crippen LogP contribution in [0.5, 0.6) is 5.75 Å². The first-order valence-electron chi connectivity index (χ1n) is 6.54. The average molecular weight is 335 g/mol. The Morgan fingerprint density at radius 1 is 1.15 bits per heavy atom. The Balaban J connectivity index is 2.34. The van der Waals surface area contributed by atoms with E-state index in [1.165, 1.54) is 0 Å². The summed E-state index contributed by atoms with van der Waals surface area (Å²) in [6.45, 7) is 3.84. The van der Waals surface area contributed by atoms with Crippen molar-refractivity contribution in [2.45, 2.75) is 25.9 Å². The Morgan fingerprint density at radius 3 is 2.40 bits per heavy atom. The normalized spacial score (nSPS) is 13.8. The summed E-state index contributed by atoms with van der Waals surface area (Å²) in [7, 11) is 1.63. The minimum atomic E-state index is -0.967. The van der Waals surface area contributed by atoms with Gasteiger partial charge in [-0.05, 0) is 43.7 Å². The van der Waals surface area contributed by atoms with Gasteiger partial charge in [0.05, 0.1) is 12.7 Å². The van der Waals surface area contributed by atoms with Crippen LogP contribution in [0.1, 0.15) is 23.6 Å². The maximum atomic E-state index is 10.9.